The van der Waals surface area contributed by atoms with E-state index in [9.17, 15) is 8.78 Å². The molecule has 5 rings (SSSR count). The van der Waals surface area contributed by atoms with E-state index < -0.39 is 23.3 Å². The van der Waals surface area contributed by atoms with Gasteiger partial charge in [0.15, 0.2) is 23.2 Å². The van der Waals surface area contributed by atoms with Crippen LogP contribution in [-0.2, 0) is 0 Å². The second-order valence-corrected chi connectivity index (χ2v) is 12.8. The highest BCUT2D eigenvalue weighted by atomic mass is 19.2. The van der Waals surface area contributed by atoms with Crippen molar-refractivity contribution in [1.82, 2.24) is 0 Å². The van der Waals surface area contributed by atoms with E-state index in [1.807, 2.05) is 0 Å². The van der Waals surface area contributed by atoms with Crippen LogP contribution in [0.3, 0.4) is 0 Å². The molecule has 0 heterocycles. The van der Waals surface area contributed by atoms with E-state index in [1.54, 1.807) is 36.4 Å². The smallest absolute Gasteiger partial charge is 0.201 e. The third-order valence-electron chi connectivity index (χ3n) is 9.89. The largest absolute Gasteiger partial charge is 0.490 e. The predicted molar refractivity (Wildman–Crippen MR) is 177 cm³/mol. The molecule has 240 valence electrons. The van der Waals surface area contributed by atoms with Crippen molar-refractivity contribution < 1.29 is 22.3 Å². The molecule has 0 bridgehead atoms. The van der Waals surface area contributed by atoms with Crippen molar-refractivity contribution in [3.05, 3.63) is 95.6 Å². The van der Waals surface area contributed by atoms with Gasteiger partial charge in [0.1, 0.15) is 0 Å². The summed E-state index contributed by atoms with van der Waals surface area (Å²) >= 11 is 0. The summed E-state index contributed by atoms with van der Waals surface area (Å²) in [6.45, 7) is 4.56. The minimum atomic E-state index is -1.02. The maximum Gasteiger partial charge on any atom is 0.201 e. The lowest BCUT2D eigenvalue weighted by Crippen LogP contribution is -2.22. The average Bonchev–Trinajstić information content (AvgIpc) is 3.07. The minimum Gasteiger partial charge on any atom is -0.490 e. The van der Waals surface area contributed by atoms with Gasteiger partial charge in [0, 0.05) is 16.7 Å². The molecule has 2 aliphatic carbocycles. The molecule has 0 radical (unpaired) electrons. The van der Waals surface area contributed by atoms with Crippen molar-refractivity contribution in [3.63, 3.8) is 0 Å². The van der Waals surface area contributed by atoms with Gasteiger partial charge in [-0.15, -0.1) is 0 Å². The Balaban J connectivity index is 1.23. The van der Waals surface area contributed by atoms with E-state index in [1.165, 1.54) is 37.8 Å². The number of benzene rings is 3. The van der Waals surface area contributed by atoms with E-state index in [2.05, 4.69) is 32.1 Å². The summed E-state index contributed by atoms with van der Waals surface area (Å²) in [6.07, 6.45) is 19.5. The molecule has 3 aromatic rings. The second-order valence-electron chi connectivity index (χ2n) is 12.8. The van der Waals surface area contributed by atoms with Gasteiger partial charge < -0.3 is 4.74 Å². The molecule has 0 saturated heterocycles. The average molecular weight is 619 g/mol. The molecule has 1 unspecified atom stereocenters. The van der Waals surface area contributed by atoms with Crippen LogP contribution in [0.25, 0.3) is 27.8 Å². The third-order valence-corrected chi connectivity index (χ3v) is 9.89. The zero-order chi connectivity index (χ0) is 31.8. The van der Waals surface area contributed by atoms with Crippen LogP contribution < -0.4 is 4.74 Å². The molecule has 0 spiro atoms. The van der Waals surface area contributed by atoms with Crippen molar-refractivity contribution in [2.24, 2.45) is 17.8 Å². The van der Waals surface area contributed by atoms with Crippen LogP contribution in [0.15, 0.2) is 66.8 Å². The van der Waals surface area contributed by atoms with Gasteiger partial charge in [0.25, 0.3) is 0 Å². The molecule has 1 fully saturated rings. The normalized spacial score (nSPS) is 20.4. The van der Waals surface area contributed by atoms with Crippen LogP contribution in [0.2, 0.25) is 0 Å². The topological polar surface area (TPSA) is 9.23 Å². The lowest BCUT2D eigenvalue weighted by atomic mass is 9.71. The maximum atomic E-state index is 15.4. The number of hydrogen-bond acceptors (Lipinski definition) is 1. The van der Waals surface area contributed by atoms with Gasteiger partial charge in [-0.2, -0.15) is 4.39 Å². The molecular formula is C40H46F4O. The zero-order valence-corrected chi connectivity index (χ0v) is 26.7. The van der Waals surface area contributed by atoms with Gasteiger partial charge in [-0.3, -0.25) is 0 Å². The predicted octanol–water partition coefficient (Wildman–Crippen LogP) is 12.5. The summed E-state index contributed by atoms with van der Waals surface area (Å²) in [5, 5.41) is 0. The van der Waals surface area contributed by atoms with Crippen molar-refractivity contribution in [2.45, 2.75) is 90.9 Å². The maximum absolute atomic E-state index is 15.4. The van der Waals surface area contributed by atoms with Gasteiger partial charge in [-0.25, -0.2) is 13.2 Å². The highest BCUT2D eigenvalue weighted by Gasteiger charge is 2.29. The van der Waals surface area contributed by atoms with Crippen LogP contribution in [0.5, 0.6) is 5.75 Å². The first-order valence-electron chi connectivity index (χ1n) is 16.9. The molecule has 0 amide bonds. The molecule has 0 aliphatic heterocycles. The Morgan fingerprint density at radius 2 is 1.27 bits per heavy atom. The van der Waals surface area contributed by atoms with Crippen LogP contribution in [-0.4, -0.2) is 6.61 Å². The molecule has 0 aromatic heterocycles. The fraction of sp³-hybridized carbons (Fsp3) is 0.450. The molecular weight excluding hydrogens is 572 g/mol. The van der Waals surface area contributed by atoms with E-state index in [-0.39, 0.29) is 16.9 Å². The molecule has 1 nitrogen and oxygen atoms in total. The van der Waals surface area contributed by atoms with Crippen LogP contribution >= 0.6 is 0 Å². The van der Waals surface area contributed by atoms with Crippen molar-refractivity contribution >= 4 is 5.57 Å². The minimum absolute atomic E-state index is 0.0877. The zero-order valence-electron chi connectivity index (χ0n) is 26.7. The van der Waals surface area contributed by atoms with Gasteiger partial charge in [-0.1, -0.05) is 87.2 Å². The van der Waals surface area contributed by atoms with Gasteiger partial charge in [0.2, 0.25) is 5.82 Å². The fourth-order valence-corrected chi connectivity index (χ4v) is 7.21. The molecule has 3 aromatic carbocycles. The van der Waals surface area contributed by atoms with Crippen LogP contribution in [0.4, 0.5) is 17.6 Å². The summed E-state index contributed by atoms with van der Waals surface area (Å²) in [5.41, 5.74) is 2.36. The van der Waals surface area contributed by atoms with E-state index >= 15 is 8.78 Å². The molecule has 45 heavy (non-hydrogen) atoms. The number of halogens is 4. The van der Waals surface area contributed by atoms with E-state index in [0.29, 0.717) is 35.1 Å². The first-order chi connectivity index (χ1) is 21.9. The third kappa shape index (κ3) is 7.91. The van der Waals surface area contributed by atoms with Crippen molar-refractivity contribution in [2.75, 3.05) is 6.61 Å². The summed E-state index contributed by atoms with van der Waals surface area (Å²) in [7, 11) is 0. The van der Waals surface area contributed by atoms with E-state index in [0.717, 1.165) is 62.9 Å². The number of hydrogen-bond donors (Lipinski definition) is 0. The lowest BCUT2D eigenvalue weighted by Gasteiger charge is -2.35. The van der Waals surface area contributed by atoms with E-state index in [4.69, 9.17) is 4.74 Å². The standard InChI is InChI=1S/C40H46F4O/c1-3-5-6-7-8-26-45-36-25-24-35(39(43)40(36)44)32-20-18-31(19-21-32)34-23-22-33(37(41)38(34)42)30-16-14-29(15-17-30)28-12-10-27(9-4-2)11-13-28/h4,9,16,18-25,27-29H,3,5-8,10-15,17,26H2,1-2H3/b9-4+. The van der Waals surface area contributed by atoms with Crippen molar-refractivity contribution in [1.29, 1.82) is 0 Å². The van der Waals surface area contributed by atoms with Crippen molar-refractivity contribution in [3.8, 4) is 28.0 Å². The Hall–Kier alpha value is -3.34. The number of ether oxygens (including phenoxy) is 1. The first-order valence-corrected chi connectivity index (χ1v) is 16.9. The Labute approximate surface area is 266 Å². The Morgan fingerprint density at radius 3 is 1.89 bits per heavy atom. The quantitative estimate of drug-likeness (QED) is 0.111. The number of rotatable bonds is 12. The monoisotopic (exact) mass is 618 g/mol. The summed E-state index contributed by atoms with van der Waals surface area (Å²) in [4.78, 5) is 0. The highest BCUT2D eigenvalue weighted by molar-refractivity contribution is 5.74. The fourth-order valence-electron chi connectivity index (χ4n) is 7.21. The summed E-state index contributed by atoms with van der Waals surface area (Å²) in [5.74, 6) is -1.78. The summed E-state index contributed by atoms with van der Waals surface area (Å²) in [6, 6.07) is 12.7. The second kappa shape index (κ2) is 15.8. The molecule has 5 heteroatoms. The highest BCUT2D eigenvalue weighted by Crippen LogP contribution is 2.42. The first kappa shape index (κ1) is 33.0. The van der Waals surface area contributed by atoms with Crippen LogP contribution in [0, 0.1) is 41.0 Å². The summed E-state index contributed by atoms with van der Waals surface area (Å²) < 4.78 is 66.1. The van der Waals surface area contributed by atoms with Gasteiger partial charge in [-0.05, 0) is 105 Å². The van der Waals surface area contributed by atoms with Gasteiger partial charge in [0.05, 0.1) is 6.61 Å². The Kier molecular flexibility index (Phi) is 11.6. The number of allylic oxidation sites excluding steroid dienone is 4. The number of unbranched alkanes of at least 4 members (excludes halogenated alkanes) is 4. The van der Waals surface area contributed by atoms with Gasteiger partial charge >= 0.3 is 0 Å². The molecule has 1 atom stereocenters. The Bertz CT molecular complexity index is 1480. The SMILES string of the molecule is C/C=C/C1CCC(C2CC=C(c3ccc(-c4ccc(-c5ccc(OCCCCCCC)c(F)c5F)cc4)c(F)c3F)CC2)CC1. The van der Waals surface area contributed by atoms with Crippen LogP contribution in [0.1, 0.15) is 96.5 Å². The molecule has 2 aliphatic rings. The Morgan fingerprint density at radius 1 is 0.667 bits per heavy atom. The molecule has 0 N–H and O–H groups in total. The molecule has 1 saturated carbocycles. The lowest BCUT2D eigenvalue weighted by molar-refractivity contribution is 0.212.